The molecule has 2 aromatic carbocycles. The molecule has 0 unspecified atom stereocenters. The summed E-state index contributed by atoms with van der Waals surface area (Å²) in [5.74, 6) is -0.165. The number of halogens is 10. The summed E-state index contributed by atoms with van der Waals surface area (Å²) < 4.78 is 89.9. The molecule has 0 spiro atoms. The fourth-order valence-corrected chi connectivity index (χ4v) is 5.45. The molecule has 0 saturated heterocycles. The van der Waals surface area contributed by atoms with E-state index >= 15 is 0 Å². The van der Waals surface area contributed by atoms with Gasteiger partial charge in [0, 0.05) is 25.3 Å². The van der Waals surface area contributed by atoms with Crippen molar-refractivity contribution in [2.45, 2.75) is 50.4 Å². The number of hydrogen-bond donors (Lipinski definition) is 0. The Morgan fingerprint density at radius 1 is 0.912 bits per heavy atom. The molecule has 13 heteroatoms. The van der Waals surface area contributed by atoms with Gasteiger partial charge >= 0.3 is 41.9 Å². The van der Waals surface area contributed by atoms with E-state index in [9.17, 15) is 30.7 Å². The zero-order chi connectivity index (χ0) is 23.4. The molecule has 0 fully saturated rings. The second kappa shape index (κ2) is 16.0. The maximum atomic E-state index is 13.6. The Bertz CT molecular complexity index is 925. The van der Waals surface area contributed by atoms with Crippen LogP contribution in [0.5, 0.6) is 0 Å². The number of thiol groups is 1. The van der Waals surface area contributed by atoms with Gasteiger partial charge in [-0.1, -0.05) is 39.3 Å². The molecule has 34 heavy (non-hydrogen) atoms. The number of alkyl halides is 7. The Hall–Kier alpha value is 0.900. The fraction of sp³-hybridized carbons (Fsp3) is 0.429. The van der Waals surface area contributed by atoms with Crippen molar-refractivity contribution < 1.29 is 60.3 Å². The Morgan fingerprint density at radius 2 is 1.44 bits per heavy atom. The summed E-state index contributed by atoms with van der Waals surface area (Å²) in [6.45, 7) is 0. The SMILES string of the molecule is C.FC(F)(F)c1ccc(Br)c2c1SCCC2.Fc1c(C(F)(F)F)ccc(Br)c1CCCCl.[Na+].[SH-]. The van der Waals surface area contributed by atoms with E-state index in [1.165, 1.54) is 23.9 Å². The van der Waals surface area contributed by atoms with Crippen LogP contribution < -0.4 is 29.6 Å². The average Bonchev–Trinajstić information content (AvgIpc) is 2.67. The van der Waals surface area contributed by atoms with Crippen LogP contribution in [-0.4, -0.2) is 11.6 Å². The fourth-order valence-electron chi connectivity index (χ4n) is 2.94. The summed E-state index contributed by atoms with van der Waals surface area (Å²) in [6.07, 6.45) is -6.63. The standard InChI is InChI=1S/C10H8BrClF4.C10H8BrF3S.CH4.Na.H2S/c11-8-4-3-7(10(14,15)16)9(13)6(8)2-1-5-12;11-8-4-3-7(10(12,13)14)9-6(8)2-1-5-15-9;;;/h3-4H,1-2,5H2;3-4H,1-2,5H2;1H4;;1H2/q;;;+1;/p-1. The van der Waals surface area contributed by atoms with E-state index in [-0.39, 0.29) is 68.3 Å². The number of rotatable bonds is 3. The Labute approximate surface area is 250 Å². The summed E-state index contributed by atoms with van der Waals surface area (Å²) in [4.78, 5) is 0.406. The van der Waals surface area contributed by atoms with Crippen LogP contribution in [0.2, 0.25) is 0 Å². The Kier molecular flexibility index (Phi) is 17.4. The van der Waals surface area contributed by atoms with E-state index in [0.29, 0.717) is 15.8 Å². The first-order chi connectivity index (χ1) is 14.4. The first-order valence-corrected chi connectivity index (χ1v) is 12.1. The van der Waals surface area contributed by atoms with Crippen molar-refractivity contribution in [2.75, 3.05) is 11.6 Å². The molecule has 0 saturated carbocycles. The van der Waals surface area contributed by atoms with Crippen molar-refractivity contribution in [3.05, 3.63) is 61.3 Å². The minimum Gasteiger partial charge on any atom is -0.813 e. The molecule has 1 aliphatic rings. The summed E-state index contributed by atoms with van der Waals surface area (Å²) >= 11 is 13.1. The van der Waals surface area contributed by atoms with Gasteiger partial charge in [0.25, 0.3) is 0 Å². The predicted molar refractivity (Wildman–Crippen MR) is 132 cm³/mol. The van der Waals surface area contributed by atoms with Crippen molar-refractivity contribution in [3.63, 3.8) is 0 Å². The van der Waals surface area contributed by atoms with E-state index < -0.39 is 29.3 Å². The van der Waals surface area contributed by atoms with Crippen molar-refractivity contribution >= 4 is 68.7 Å². The first-order valence-electron chi connectivity index (χ1n) is 8.99. The summed E-state index contributed by atoms with van der Waals surface area (Å²) in [7, 11) is 0. The van der Waals surface area contributed by atoms with Crippen molar-refractivity contribution in [1.29, 1.82) is 0 Å². The molecule has 2 aromatic rings. The van der Waals surface area contributed by atoms with Gasteiger partial charge in [0.2, 0.25) is 0 Å². The van der Waals surface area contributed by atoms with Gasteiger partial charge in [-0.3, -0.25) is 0 Å². The molecule has 1 aliphatic heterocycles. The van der Waals surface area contributed by atoms with Crippen LogP contribution in [0.3, 0.4) is 0 Å². The minimum atomic E-state index is -4.67. The van der Waals surface area contributed by atoms with Gasteiger partial charge in [-0.2, -0.15) is 26.3 Å². The molecule has 188 valence electrons. The van der Waals surface area contributed by atoms with Gasteiger partial charge in [-0.25, -0.2) is 4.39 Å². The number of benzene rings is 2. The van der Waals surface area contributed by atoms with Crippen molar-refractivity contribution in [2.24, 2.45) is 0 Å². The van der Waals surface area contributed by atoms with Gasteiger partial charge in [0.15, 0.2) is 0 Å². The molecule has 0 aliphatic carbocycles. The molecule has 0 atom stereocenters. The van der Waals surface area contributed by atoms with E-state index in [1.807, 2.05) is 0 Å². The predicted octanol–water partition coefficient (Wildman–Crippen LogP) is 6.65. The second-order valence-corrected chi connectivity index (χ2v) is 9.72. The van der Waals surface area contributed by atoms with Crippen LogP contribution in [0.25, 0.3) is 0 Å². The van der Waals surface area contributed by atoms with E-state index in [1.54, 1.807) is 0 Å². The van der Waals surface area contributed by atoms with E-state index in [4.69, 9.17) is 11.6 Å². The van der Waals surface area contributed by atoms with Gasteiger partial charge in [0.05, 0.1) is 11.1 Å². The first kappa shape index (κ1) is 37.1. The zero-order valence-electron chi connectivity index (χ0n) is 17.2. The van der Waals surface area contributed by atoms with E-state index in [0.717, 1.165) is 40.8 Å². The molecule has 3 rings (SSSR count). The van der Waals surface area contributed by atoms with Crippen molar-refractivity contribution in [1.82, 2.24) is 0 Å². The number of hydrogen-bond acceptors (Lipinski definition) is 2. The van der Waals surface area contributed by atoms with Crippen LogP contribution >= 0.6 is 55.2 Å². The summed E-state index contributed by atoms with van der Waals surface area (Å²) in [5.41, 5.74) is -0.901. The van der Waals surface area contributed by atoms with Gasteiger partial charge in [-0.05, 0) is 61.3 Å². The second-order valence-electron chi connectivity index (χ2n) is 6.53. The van der Waals surface area contributed by atoms with Crippen LogP contribution in [0.4, 0.5) is 30.7 Å². The van der Waals surface area contributed by atoms with Gasteiger partial charge in [-0.15, -0.1) is 23.4 Å². The van der Waals surface area contributed by atoms with Crippen LogP contribution in [0.15, 0.2) is 38.1 Å². The molecule has 1 heterocycles. The van der Waals surface area contributed by atoms with E-state index in [2.05, 4.69) is 31.9 Å². The van der Waals surface area contributed by atoms with Crippen LogP contribution in [0.1, 0.15) is 42.5 Å². The average molecular weight is 689 g/mol. The van der Waals surface area contributed by atoms with Crippen LogP contribution in [-0.2, 0) is 38.7 Å². The summed E-state index contributed by atoms with van der Waals surface area (Å²) in [5, 5.41) is 0. The molecule has 0 bridgehead atoms. The largest absolute Gasteiger partial charge is 1.00 e. The van der Waals surface area contributed by atoms with Crippen molar-refractivity contribution in [3.8, 4) is 0 Å². The third-order valence-electron chi connectivity index (χ3n) is 4.38. The molecular formula is C21H21Br2ClF7NaS2. The van der Waals surface area contributed by atoms with Gasteiger partial charge in [0.1, 0.15) is 5.82 Å². The smallest absolute Gasteiger partial charge is 0.813 e. The molecule has 0 amide bonds. The van der Waals surface area contributed by atoms with Crippen LogP contribution in [0, 0.1) is 5.82 Å². The zero-order valence-corrected chi connectivity index (χ0v) is 24.8. The number of fused-ring (bicyclic) bond motifs is 1. The molecule has 0 aromatic heterocycles. The maximum Gasteiger partial charge on any atom is 1.00 e. The Morgan fingerprint density at radius 3 is 1.97 bits per heavy atom. The number of thioether (sulfide) groups is 1. The monoisotopic (exact) mass is 686 g/mol. The van der Waals surface area contributed by atoms with Gasteiger partial charge < -0.3 is 13.5 Å². The maximum absolute atomic E-state index is 13.6. The molecule has 0 radical (unpaired) electrons. The quantitative estimate of drug-likeness (QED) is 0.117. The topological polar surface area (TPSA) is 0 Å². The normalized spacial score (nSPS) is 12.8. The Balaban J connectivity index is 0. The third kappa shape index (κ3) is 9.99. The summed E-state index contributed by atoms with van der Waals surface area (Å²) in [6, 6.07) is 4.58. The minimum absolute atomic E-state index is 0. The molecular weight excluding hydrogens is 668 g/mol. The molecule has 0 N–H and O–H groups in total. The molecule has 0 nitrogen and oxygen atoms in total. The third-order valence-corrected chi connectivity index (χ3v) is 7.38.